The number of hydrogen-bond acceptors (Lipinski definition) is 7. The van der Waals surface area contributed by atoms with Crippen LogP contribution in [0.4, 0.5) is 5.82 Å². The zero-order valence-electron chi connectivity index (χ0n) is 20.0. The molecule has 1 N–H and O–H groups in total. The van der Waals surface area contributed by atoms with E-state index in [9.17, 15) is 4.79 Å². The van der Waals surface area contributed by atoms with Crippen LogP contribution in [-0.2, 0) is 11.2 Å². The van der Waals surface area contributed by atoms with Crippen molar-refractivity contribution in [3.05, 3.63) is 40.9 Å². The number of carbonyl (C=O) groups is 1. The van der Waals surface area contributed by atoms with Crippen molar-refractivity contribution >= 4 is 22.8 Å². The van der Waals surface area contributed by atoms with Gasteiger partial charge in [-0.25, -0.2) is 4.98 Å². The molecule has 1 amide bonds. The van der Waals surface area contributed by atoms with E-state index in [-0.39, 0.29) is 11.8 Å². The van der Waals surface area contributed by atoms with Crippen molar-refractivity contribution in [1.82, 2.24) is 15.3 Å². The van der Waals surface area contributed by atoms with Crippen molar-refractivity contribution in [2.24, 2.45) is 5.92 Å². The zero-order valence-corrected chi connectivity index (χ0v) is 20.0. The van der Waals surface area contributed by atoms with Crippen LogP contribution < -0.4 is 19.7 Å². The molecule has 1 aliphatic rings. The molecule has 0 radical (unpaired) electrons. The lowest BCUT2D eigenvalue weighted by Gasteiger charge is -2.33. The lowest BCUT2D eigenvalue weighted by molar-refractivity contribution is -0.125. The Labute approximate surface area is 194 Å². The van der Waals surface area contributed by atoms with Gasteiger partial charge >= 0.3 is 0 Å². The summed E-state index contributed by atoms with van der Waals surface area (Å²) in [7, 11) is 3.24. The van der Waals surface area contributed by atoms with Crippen LogP contribution in [-0.4, -0.2) is 49.7 Å². The fraction of sp³-hybridized carbons (Fsp3) is 0.480. The fourth-order valence-corrected chi connectivity index (χ4v) is 4.46. The molecule has 1 aromatic carbocycles. The number of rotatable bonds is 7. The number of amides is 1. The smallest absolute Gasteiger partial charge is 0.231 e. The number of benzene rings is 1. The van der Waals surface area contributed by atoms with Gasteiger partial charge < -0.3 is 24.1 Å². The van der Waals surface area contributed by atoms with Crippen LogP contribution in [0.2, 0.25) is 0 Å². The molecular weight excluding hydrogens is 420 g/mol. The number of carbonyl (C=O) groups excluding carboxylic acids is 1. The lowest BCUT2D eigenvalue weighted by atomic mass is 9.96. The van der Waals surface area contributed by atoms with E-state index in [2.05, 4.69) is 15.2 Å². The second-order valence-corrected chi connectivity index (χ2v) is 8.57. The van der Waals surface area contributed by atoms with Crippen LogP contribution in [0.15, 0.2) is 22.6 Å². The summed E-state index contributed by atoms with van der Waals surface area (Å²) in [5, 5.41) is 4.07. The Morgan fingerprint density at radius 1 is 1.18 bits per heavy atom. The first kappa shape index (κ1) is 22.9. The second-order valence-electron chi connectivity index (χ2n) is 8.57. The highest BCUT2D eigenvalue weighted by Gasteiger charge is 2.29. The number of nitrogens with zero attached hydrogens (tertiary/aromatic N) is 3. The van der Waals surface area contributed by atoms with Gasteiger partial charge in [0.1, 0.15) is 17.4 Å². The van der Waals surface area contributed by atoms with Gasteiger partial charge in [-0.3, -0.25) is 4.79 Å². The van der Waals surface area contributed by atoms with E-state index in [4.69, 9.17) is 18.9 Å². The largest absolute Gasteiger partial charge is 0.493 e. The summed E-state index contributed by atoms with van der Waals surface area (Å²) in [5.74, 6) is 3.80. The molecule has 8 heteroatoms. The maximum absolute atomic E-state index is 13.0. The van der Waals surface area contributed by atoms with Crippen LogP contribution in [0, 0.1) is 26.7 Å². The molecule has 0 spiro atoms. The van der Waals surface area contributed by atoms with Crippen LogP contribution in [0.1, 0.15) is 35.6 Å². The fourth-order valence-electron chi connectivity index (χ4n) is 4.46. The first-order chi connectivity index (χ1) is 15.9. The van der Waals surface area contributed by atoms with Gasteiger partial charge in [0.05, 0.1) is 25.5 Å². The highest BCUT2D eigenvalue weighted by Crippen LogP contribution is 2.33. The van der Waals surface area contributed by atoms with E-state index in [1.165, 1.54) is 0 Å². The highest BCUT2D eigenvalue weighted by molar-refractivity contribution is 5.90. The van der Waals surface area contributed by atoms with E-state index in [0.717, 1.165) is 53.9 Å². The zero-order chi connectivity index (χ0) is 23.5. The maximum Gasteiger partial charge on any atom is 0.231 e. The minimum Gasteiger partial charge on any atom is -0.493 e. The Morgan fingerprint density at radius 2 is 1.97 bits per heavy atom. The standard InChI is InChI=1S/C25H32N4O4/c1-15-16(2)33-25-22(15)23(27-17(3)28-25)29-12-6-7-19(14-29)24(30)26-11-10-18-8-9-20(31-4)21(13-18)32-5/h8-9,13,19H,6-7,10-12,14H2,1-5H3,(H,26,30). The topological polar surface area (TPSA) is 89.7 Å². The number of hydrogen-bond donors (Lipinski definition) is 1. The minimum absolute atomic E-state index is 0.0808. The van der Waals surface area contributed by atoms with Crippen molar-refractivity contribution in [2.75, 3.05) is 38.8 Å². The third-order valence-corrected chi connectivity index (χ3v) is 6.37. The monoisotopic (exact) mass is 452 g/mol. The van der Waals surface area contributed by atoms with E-state index in [1.807, 2.05) is 39.0 Å². The Bertz CT molecular complexity index is 1160. The Morgan fingerprint density at radius 3 is 2.73 bits per heavy atom. The predicted molar refractivity (Wildman–Crippen MR) is 127 cm³/mol. The first-order valence-electron chi connectivity index (χ1n) is 11.4. The van der Waals surface area contributed by atoms with E-state index < -0.39 is 0 Å². The van der Waals surface area contributed by atoms with Gasteiger partial charge in [-0.15, -0.1) is 0 Å². The molecule has 4 rings (SSSR count). The van der Waals surface area contributed by atoms with Gasteiger partial charge in [-0.2, -0.15) is 4.98 Å². The molecule has 2 aromatic heterocycles. The molecule has 0 bridgehead atoms. The molecule has 0 saturated carbocycles. The quantitative estimate of drug-likeness (QED) is 0.584. The molecule has 1 unspecified atom stereocenters. The number of ether oxygens (including phenoxy) is 2. The number of aryl methyl sites for hydroxylation is 3. The number of methoxy groups -OCH3 is 2. The lowest BCUT2D eigenvalue weighted by Crippen LogP contribution is -2.44. The minimum atomic E-state index is -0.0808. The van der Waals surface area contributed by atoms with Gasteiger partial charge in [-0.1, -0.05) is 6.07 Å². The summed E-state index contributed by atoms with van der Waals surface area (Å²) in [6.07, 6.45) is 2.53. The molecule has 176 valence electrons. The van der Waals surface area contributed by atoms with Crippen LogP contribution >= 0.6 is 0 Å². The van der Waals surface area contributed by atoms with Crippen molar-refractivity contribution in [1.29, 1.82) is 0 Å². The van der Waals surface area contributed by atoms with E-state index >= 15 is 0 Å². The van der Waals surface area contributed by atoms with Crippen molar-refractivity contribution in [3.63, 3.8) is 0 Å². The van der Waals surface area contributed by atoms with Gasteiger partial charge in [-0.05, 0) is 57.7 Å². The average molecular weight is 453 g/mol. The van der Waals surface area contributed by atoms with Crippen LogP contribution in [0.25, 0.3) is 11.1 Å². The van der Waals surface area contributed by atoms with E-state index in [0.29, 0.717) is 36.1 Å². The Hall–Kier alpha value is -3.29. The third-order valence-electron chi connectivity index (χ3n) is 6.37. The molecule has 1 atom stereocenters. The molecule has 1 aliphatic heterocycles. The average Bonchev–Trinajstić information content (AvgIpc) is 3.11. The molecule has 8 nitrogen and oxygen atoms in total. The number of fused-ring (bicyclic) bond motifs is 1. The summed E-state index contributed by atoms with van der Waals surface area (Å²) in [4.78, 5) is 24.4. The van der Waals surface area contributed by atoms with Crippen LogP contribution in [0.3, 0.4) is 0 Å². The van der Waals surface area contributed by atoms with Crippen molar-refractivity contribution in [2.45, 2.75) is 40.0 Å². The third kappa shape index (κ3) is 4.74. The van der Waals surface area contributed by atoms with Gasteiger partial charge in [0, 0.05) is 25.2 Å². The van der Waals surface area contributed by atoms with Crippen LogP contribution in [0.5, 0.6) is 11.5 Å². The number of anilines is 1. The molecule has 3 aromatic rings. The number of aromatic nitrogens is 2. The number of nitrogens with one attached hydrogen (secondary N) is 1. The molecule has 1 saturated heterocycles. The summed E-state index contributed by atoms with van der Waals surface area (Å²) in [5.41, 5.74) is 2.76. The SMILES string of the molecule is COc1ccc(CCNC(=O)C2CCCN(c3nc(C)nc4oc(C)c(C)c34)C2)cc1OC. The summed E-state index contributed by atoms with van der Waals surface area (Å²) < 4.78 is 16.5. The molecule has 33 heavy (non-hydrogen) atoms. The molecule has 1 fully saturated rings. The van der Waals surface area contributed by atoms with Gasteiger partial charge in [0.2, 0.25) is 11.6 Å². The Kier molecular flexibility index (Phi) is 6.72. The number of furan rings is 1. The van der Waals surface area contributed by atoms with Crippen molar-refractivity contribution < 1.29 is 18.7 Å². The molecular formula is C25H32N4O4. The second kappa shape index (κ2) is 9.68. The van der Waals surface area contributed by atoms with Gasteiger partial charge in [0.25, 0.3) is 0 Å². The normalized spacial score (nSPS) is 16.2. The maximum atomic E-state index is 13.0. The van der Waals surface area contributed by atoms with E-state index in [1.54, 1.807) is 14.2 Å². The summed E-state index contributed by atoms with van der Waals surface area (Å²) in [6, 6.07) is 5.83. The molecule has 0 aliphatic carbocycles. The molecule has 3 heterocycles. The predicted octanol–water partition coefficient (Wildman–Crippen LogP) is 3.74. The van der Waals surface area contributed by atoms with Crippen molar-refractivity contribution in [3.8, 4) is 11.5 Å². The Balaban J connectivity index is 1.41. The number of piperidine rings is 1. The highest BCUT2D eigenvalue weighted by atomic mass is 16.5. The summed E-state index contributed by atoms with van der Waals surface area (Å²) >= 11 is 0. The first-order valence-corrected chi connectivity index (χ1v) is 11.4. The van der Waals surface area contributed by atoms with Gasteiger partial charge in [0.15, 0.2) is 11.5 Å². The summed E-state index contributed by atoms with van der Waals surface area (Å²) in [6.45, 7) is 7.93.